The van der Waals surface area contributed by atoms with Crippen molar-refractivity contribution in [2.75, 3.05) is 6.54 Å². The molecule has 0 bridgehead atoms. The molecule has 0 saturated heterocycles. The Hall–Kier alpha value is -0.870. The second kappa shape index (κ2) is 5.85. The van der Waals surface area contributed by atoms with Gasteiger partial charge in [0, 0.05) is 18.8 Å². The van der Waals surface area contributed by atoms with Crippen LogP contribution in [-0.2, 0) is 6.54 Å². The lowest BCUT2D eigenvalue weighted by molar-refractivity contribution is -0.00886. The van der Waals surface area contributed by atoms with Gasteiger partial charge < -0.3 is 15.4 Å². The number of aliphatic hydroxyl groups is 1. The first-order valence-corrected chi connectivity index (χ1v) is 7.05. The molecule has 0 spiro atoms. The van der Waals surface area contributed by atoms with Crippen LogP contribution in [0.5, 0.6) is 0 Å². The van der Waals surface area contributed by atoms with E-state index in [9.17, 15) is 5.11 Å². The first kappa shape index (κ1) is 13.6. The van der Waals surface area contributed by atoms with Gasteiger partial charge in [0.15, 0.2) is 0 Å². The Morgan fingerprint density at radius 2 is 2.22 bits per heavy atom. The maximum Gasteiger partial charge on any atom is 0.0925 e. The van der Waals surface area contributed by atoms with Gasteiger partial charge in [0.05, 0.1) is 17.6 Å². The van der Waals surface area contributed by atoms with E-state index in [0.29, 0.717) is 6.54 Å². The minimum absolute atomic E-state index is 0.504. The monoisotopic (exact) mass is 251 g/mol. The number of aromatic nitrogens is 2. The largest absolute Gasteiger partial charge is 0.389 e. The fourth-order valence-corrected chi connectivity index (χ4v) is 2.78. The van der Waals surface area contributed by atoms with Gasteiger partial charge in [-0.3, -0.25) is 0 Å². The summed E-state index contributed by atoms with van der Waals surface area (Å²) >= 11 is 0. The van der Waals surface area contributed by atoms with E-state index in [1.54, 1.807) is 6.33 Å². The van der Waals surface area contributed by atoms with Crippen LogP contribution in [0.2, 0.25) is 0 Å². The predicted octanol–water partition coefficient (Wildman–Crippen LogP) is 2.14. The summed E-state index contributed by atoms with van der Waals surface area (Å²) in [6, 6.07) is 0. The Labute approximate surface area is 109 Å². The van der Waals surface area contributed by atoms with Crippen LogP contribution < -0.4 is 5.32 Å². The summed E-state index contributed by atoms with van der Waals surface area (Å²) in [4.78, 5) is 7.31. The zero-order valence-corrected chi connectivity index (χ0v) is 11.5. The highest BCUT2D eigenvalue weighted by molar-refractivity contribution is 5.08. The van der Waals surface area contributed by atoms with Crippen LogP contribution >= 0.6 is 0 Å². The van der Waals surface area contributed by atoms with Crippen molar-refractivity contribution >= 4 is 0 Å². The molecule has 1 aromatic rings. The summed E-state index contributed by atoms with van der Waals surface area (Å²) in [5, 5.41) is 13.8. The molecule has 0 amide bonds. The molecule has 1 saturated carbocycles. The van der Waals surface area contributed by atoms with E-state index in [0.717, 1.165) is 49.5 Å². The van der Waals surface area contributed by atoms with Gasteiger partial charge in [-0.25, -0.2) is 4.98 Å². The lowest BCUT2D eigenvalue weighted by Gasteiger charge is -2.36. The highest BCUT2D eigenvalue weighted by Crippen LogP contribution is 2.33. The number of aryl methyl sites for hydroxylation is 1. The van der Waals surface area contributed by atoms with Crippen molar-refractivity contribution in [3.05, 3.63) is 17.7 Å². The van der Waals surface area contributed by atoms with Gasteiger partial charge in [0.2, 0.25) is 0 Å². The molecular weight excluding hydrogens is 226 g/mol. The second-order valence-corrected chi connectivity index (χ2v) is 5.65. The molecule has 0 aromatic carbocycles. The maximum atomic E-state index is 10.5. The fraction of sp³-hybridized carbons (Fsp3) is 0.786. The van der Waals surface area contributed by atoms with Crippen LogP contribution in [0, 0.1) is 12.8 Å². The van der Waals surface area contributed by atoms with Crippen LogP contribution in [0.25, 0.3) is 0 Å². The summed E-state index contributed by atoms with van der Waals surface area (Å²) in [6.07, 6.45) is 7.14. The zero-order valence-electron chi connectivity index (χ0n) is 11.5. The normalized spacial score (nSPS) is 28.5. The first-order chi connectivity index (χ1) is 8.63. The van der Waals surface area contributed by atoms with E-state index >= 15 is 0 Å². The van der Waals surface area contributed by atoms with Crippen LogP contribution in [-0.4, -0.2) is 27.2 Å². The van der Waals surface area contributed by atoms with Crippen molar-refractivity contribution < 1.29 is 5.11 Å². The van der Waals surface area contributed by atoms with Crippen molar-refractivity contribution in [1.29, 1.82) is 0 Å². The molecule has 0 unspecified atom stereocenters. The van der Waals surface area contributed by atoms with Gasteiger partial charge in [-0.2, -0.15) is 0 Å². The predicted molar refractivity (Wildman–Crippen MR) is 72.2 cm³/mol. The van der Waals surface area contributed by atoms with Crippen molar-refractivity contribution in [1.82, 2.24) is 15.3 Å². The fourth-order valence-electron chi connectivity index (χ4n) is 2.78. The third kappa shape index (κ3) is 3.33. The van der Waals surface area contributed by atoms with Crippen LogP contribution in [0.3, 0.4) is 0 Å². The number of hydrogen-bond acceptors (Lipinski definition) is 3. The SMILES string of the molecule is CCC1CCC(O)(CNCc2nc[nH]c2C)CC1. The van der Waals surface area contributed by atoms with Crippen LogP contribution in [0.1, 0.15) is 50.4 Å². The summed E-state index contributed by atoms with van der Waals surface area (Å²) < 4.78 is 0. The molecule has 0 atom stereocenters. The first-order valence-electron chi connectivity index (χ1n) is 7.05. The minimum Gasteiger partial charge on any atom is -0.389 e. The molecule has 3 N–H and O–H groups in total. The third-order valence-corrected chi connectivity index (χ3v) is 4.29. The Kier molecular flexibility index (Phi) is 4.40. The van der Waals surface area contributed by atoms with E-state index in [1.807, 2.05) is 6.92 Å². The number of H-pyrrole nitrogens is 1. The molecule has 1 aromatic heterocycles. The number of nitrogens with one attached hydrogen (secondary N) is 2. The molecule has 4 heteroatoms. The van der Waals surface area contributed by atoms with E-state index in [4.69, 9.17) is 0 Å². The van der Waals surface area contributed by atoms with Gasteiger partial charge in [-0.15, -0.1) is 0 Å². The third-order valence-electron chi connectivity index (χ3n) is 4.29. The summed E-state index contributed by atoms with van der Waals surface area (Å²) in [7, 11) is 0. The second-order valence-electron chi connectivity index (χ2n) is 5.65. The molecule has 0 aliphatic heterocycles. The number of imidazole rings is 1. The minimum atomic E-state index is -0.504. The van der Waals surface area contributed by atoms with E-state index in [-0.39, 0.29) is 0 Å². The maximum absolute atomic E-state index is 10.5. The number of aromatic amines is 1. The molecule has 2 rings (SSSR count). The topological polar surface area (TPSA) is 60.9 Å². The van der Waals surface area contributed by atoms with Crippen LogP contribution in [0.4, 0.5) is 0 Å². The smallest absolute Gasteiger partial charge is 0.0925 e. The molecule has 1 fully saturated rings. The number of hydrogen-bond donors (Lipinski definition) is 3. The van der Waals surface area contributed by atoms with Crippen LogP contribution in [0.15, 0.2) is 6.33 Å². The van der Waals surface area contributed by atoms with Gasteiger partial charge in [-0.05, 0) is 38.5 Å². The van der Waals surface area contributed by atoms with E-state index in [1.165, 1.54) is 6.42 Å². The van der Waals surface area contributed by atoms with Gasteiger partial charge >= 0.3 is 0 Å². The summed E-state index contributed by atoms with van der Waals surface area (Å²) in [5.74, 6) is 0.818. The van der Waals surface area contributed by atoms with Gasteiger partial charge in [0.1, 0.15) is 0 Å². The Balaban J connectivity index is 1.75. The average Bonchev–Trinajstić information content (AvgIpc) is 2.76. The number of rotatable bonds is 5. The molecule has 18 heavy (non-hydrogen) atoms. The van der Waals surface area contributed by atoms with E-state index < -0.39 is 5.60 Å². The van der Waals surface area contributed by atoms with Crippen molar-refractivity contribution in [2.24, 2.45) is 5.92 Å². The van der Waals surface area contributed by atoms with E-state index in [2.05, 4.69) is 22.2 Å². The average molecular weight is 251 g/mol. The van der Waals surface area contributed by atoms with Crippen molar-refractivity contribution in [2.45, 2.75) is 58.1 Å². The molecule has 0 radical (unpaired) electrons. The number of nitrogens with zero attached hydrogens (tertiary/aromatic N) is 1. The quantitative estimate of drug-likeness (QED) is 0.751. The van der Waals surface area contributed by atoms with Gasteiger partial charge in [-0.1, -0.05) is 13.3 Å². The van der Waals surface area contributed by atoms with Gasteiger partial charge in [0.25, 0.3) is 0 Å². The Morgan fingerprint density at radius 3 is 2.78 bits per heavy atom. The lowest BCUT2D eigenvalue weighted by Crippen LogP contribution is -2.43. The molecule has 1 aliphatic carbocycles. The summed E-state index contributed by atoms with van der Waals surface area (Å²) in [6.45, 7) is 5.67. The molecular formula is C14H25N3O. The zero-order chi connectivity index (χ0) is 13.0. The molecule has 1 heterocycles. The Bertz CT molecular complexity index is 367. The molecule has 1 aliphatic rings. The highest BCUT2D eigenvalue weighted by atomic mass is 16.3. The summed E-state index contributed by atoms with van der Waals surface area (Å²) in [5.41, 5.74) is 1.64. The standard InChI is InChI=1S/C14H25N3O/c1-3-12-4-6-14(18,7-5-12)9-15-8-13-11(2)16-10-17-13/h10,12,15,18H,3-9H2,1-2H3,(H,16,17). The molecule has 102 valence electrons. The Morgan fingerprint density at radius 1 is 1.50 bits per heavy atom. The highest BCUT2D eigenvalue weighted by Gasteiger charge is 2.32. The molecule has 4 nitrogen and oxygen atoms in total. The lowest BCUT2D eigenvalue weighted by atomic mass is 9.78. The van der Waals surface area contributed by atoms with Crippen molar-refractivity contribution in [3.63, 3.8) is 0 Å². The van der Waals surface area contributed by atoms with Crippen molar-refractivity contribution in [3.8, 4) is 0 Å².